The van der Waals surface area contributed by atoms with Gasteiger partial charge in [-0.1, -0.05) is 0 Å². The first-order valence-electron chi connectivity index (χ1n) is 10.6. The Morgan fingerprint density at radius 3 is 2.51 bits per heavy atom. The van der Waals surface area contributed by atoms with Crippen molar-refractivity contribution in [2.45, 2.75) is 19.1 Å². The zero-order valence-corrected chi connectivity index (χ0v) is 19.1. The first-order chi connectivity index (χ1) is 16.6. The molecule has 1 aliphatic rings. The number of nitrogens with one attached hydrogen (secondary N) is 1. The maximum absolute atomic E-state index is 13.7. The number of fused-ring (bicyclic) bond motifs is 1. The van der Waals surface area contributed by atoms with Gasteiger partial charge in [-0.15, -0.1) is 0 Å². The molecule has 14 heteroatoms. The van der Waals surface area contributed by atoms with Crippen molar-refractivity contribution in [3.8, 4) is 11.4 Å². The minimum Gasteiger partial charge on any atom is -0.334 e. The van der Waals surface area contributed by atoms with Gasteiger partial charge in [-0.05, 0) is 13.0 Å². The average molecular weight is 480 g/mol. The monoisotopic (exact) mass is 480 g/mol. The molecule has 180 valence electrons. The minimum absolute atomic E-state index is 0.139. The second kappa shape index (κ2) is 8.07. The molecule has 0 radical (unpaired) electrons. The number of hydrogen-bond donors (Lipinski definition) is 1. The smallest absolute Gasteiger partial charge is 0.332 e. The number of amides is 1. The molecule has 1 aliphatic heterocycles. The van der Waals surface area contributed by atoms with E-state index in [4.69, 9.17) is 0 Å². The summed E-state index contributed by atoms with van der Waals surface area (Å²) in [5, 5.41) is 2.67. The third kappa shape index (κ3) is 4.02. The fourth-order valence-corrected chi connectivity index (χ4v) is 3.91. The van der Waals surface area contributed by atoms with Gasteiger partial charge in [-0.25, -0.2) is 34.1 Å². The van der Waals surface area contributed by atoms with Crippen molar-refractivity contribution in [3.63, 3.8) is 0 Å². The summed E-state index contributed by atoms with van der Waals surface area (Å²) in [6, 6.07) is 1.52. The summed E-state index contributed by atoms with van der Waals surface area (Å²) >= 11 is 0. The number of carbonyl (C=O) groups is 1. The highest BCUT2D eigenvalue weighted by atomic mass is 19.1. The summed E-state index contributed by atoms with van der Waals surface area (Å²) < 4.78 is 17.3. The van der Waals surface area contributed by atoms with E-state index in [2.05, 4.69) is 30.2 Å². The summed E-state index contributed by atoms with van der Waals surface area (Å²) in [6.45, 7) is 1.78. The number of rotatable bonds is 5. The van der Waals surface area contributed by atoms with Crippen molar-refractivity contribution in [1.82, 2.24) is 38.6 Å². The van der Waals surface area contributed by atoms with Crippen LogP contribution in [0.15, 0.2) is 40.6 Å². The predicted molar refractivity (Wildman–Crippen MR) is 124 cm³/mol. The van der Waals surface area contributed by atoms with E-state index >= 15 is 0 Å². The van der Waals surface area contributed by atoms with Gasteiger partial charge in [0.25, 0.3) is 5.56 Å². The molecule has 0 aliphatic carbocycles. The highest BCUT2D eigenvalue weighted by Gasteiger charge is 2.40. The molecule has 0 spiro atoms. The van der Waals surface area contributed by atoms with Gasteiger partial charge >= 0.3 is 5.69 Å². The Labute approximate surface area is 196 Å². The van der Waals surface area contributed by atoms with Gasteiger partial charge in [-0.2, -0.15) is 0 Å². The van der Waals surface area contributed by atoms with Crippen LogP contribution in [0.1, 0.15) is 6.92 Å². The van der Waals surface area contributed by atoms with Gasteiger partial charge in [0.05, 0.1) is 25.0 Å². The van der Waals surface area contributed by atoms with Gasteiger partial charge in [0.1, 0.15) is 18.0 Å². The van der Waals surface area contributed by atoms with Crippen LogP contribution >= 0.6 is 0 Å². The summed E-state index contributed by atoms with van der Waals surface area (Å²) in [7, 11) is 2.86. The fraction of sp³-hybridized carbons (Fsp3) is 0.333. The van der Waals surface area contributed by atoms with Gasteiger partial charge in [0.15, 0.2) is 17.0 Å². The number of imidazole rings is 1. The molecular weight excluding hydrogens is 459 g/mol. The van der Waals surface area contributed by atoms with E-state index in [0.717, 1.165) is 4.57 Å². The average Bonchev–Trinajstić information content (AvgIpc) is 3.23. The van der Waals surface area contributed by atoms with Crippen LogP contribution in [0.2, 0.25) is 0 Å². The standard InChI is InChI=1S/C21H21FN10O3/c1-21(22)9-32(10-21)19-24-6-12(7-25-19)16-23-5-4-13(28-16)27-14(33)8-31-11-26-17-15(31)18(34)30(3)20(35)29(17)2/h4-7,11H,8-10H2,1-3H3,(H,23,27,28,33). The molecule has 35 heavy (non-hydrogen) atoms. The van der Waals surface area contributed by atoms with Crippen molar-refractivity contribution >= 4 is 28.8 Å². The Bertz CT molecular complexity index is 1560. The van der Waals surface area contributed by atoms with Crippen molar-refractivity contribution in [1.29, 1.82) is 0 Å². The molecule has 1 amide bonds. The second-order valence-corrected chi connectivity index (χ2v) is 8.61. The lowest BCUT2D eigenvalue weighted by Gasteiger charge is -2.42. The molecule has 0 atom stereocenters. The number of nitrogens with zero attached hydrogens (tertiary/aromatic N) is 9. The minimum atomic E-state index is -1.23. The third-order valence-electron chi connectivity index (χ3n) is 5.67. The maximum atomic E-state index is 13.7. The lowest BCUT2D eigenvalue weighted by molar-refractivity contribution is -0.116. The molecule has 0 bridgehead atoms. The maximum Gasteiger partial charge on any atom is 0.332 e. The summed E-state index contributed by atoms with van der Waals surface area (Å²) in [5.41, 5.74) is -1.43. The molecule has 1 saturated heterocycles. The van der Waals surface area contributed by atoms with Crippen molar-refractivity contribution in [2.75, 3.05) is 23.3 Å². The first kappa shape index (κ1) is 22.3. The molecule has 4 aromatic heterocycles. The van der Waals surface area contributed by atoms with Crippen LogP contribution < -0.4 is 21.5 Å². The molecule has 5 rings (SSSR count). The van der Waals surface area contributed by atoms with E-state index < -0.39 is 22.8 Å². The van der Waals surface area contributed by atoms with Gasteiger partial charge in [0.2, 0.25) is 11.9 Å². The van der Waals surface area contributed by atoms with Gasteiger partial charge in [0, 0.05) is 32.7 Å². The summed E-state index contributed by atoms with van der Waals surface area (Å²) in [4.78, 5) is 60.2. The number of alkyl halides is 1. The molecule has 4 aromatic rings. The largest absolute Gasteiger partial charge is 0.334 e. The summed E-state index contributed by atoms with van der Waals surface area (Å²) in [6.07, 6.45) is 5.89. The van der Waals surface area contributed by atoms with Gasteiger partial charge < -0.3 is 14.8 Å². The lowest BCUT2D eigenvalue weighted by Crippen LogP contribution is -2.57. The number of aromatic nitrogens is 8. The van der Waals surface area contributed by atoms with Crippen LogP contribution in [-0.2, 0) is 25.4 Å². The SMILES string of the molecule is Cn1c(=O)c2c(ncn2CC(=O)Nc2ccnc(-c3cnc(N4CC(C)(F)C4)nc3)n2)n(C)c1=O. The molecule has 5 heterocycles. The number of aryl methyl sites for hydroxylation is 1. The van der Waals surface area contributed by atoms with Crippen LogP contribution in [0.25, 0.3) is 22.6 Å². The molecule has 13 nitrogen and oxygen atoms in total. The van der Waals surface area contributed by atoms with Crippen LogP contribution in [0.4, 0.5) is 16.2 Å². The molecule has 0 aromatic carbocycles. The zero-order chi connectivity index (χ0) is 24.9. The highest BCUT2D eigenvalue weighted by molar-refractivity contribution is 5.90. The quantitative estimate of drug-likeness (QED) is 0.413. The Kier molecular flexibility index (Phi) is 5.15. The predicted octanol–water partition coefficient (Wildman–Crippen LogP) is -0.132. The molecule has 0 unspecified atom stereocenters. The molecular formula is C21H21FN10O3. The highest BCUT2D eigenvalue weighted by Crippen LogP contribution is 2.28. The van der Waals surface area contributed by atoms with Crippen LogP contribution in [0.5, 0.6) is 0 Å². The molecule has 0 saturated carbocycles. The van der Waals surface area contributed by atoms with Crippen LogP contribution in [-0.4, -0.2) is 63.3 Å². The first-order valence-corrected chi connectivity index (χ1v) is 10.6. The van der Waals surface area contributed by atoms with E-state index in [1.165, 1.54) is 61.1 Å². The van der Waals surface area contributed by atoms with Gasteiger partial charge in [-0.3, -0.25) is 18.7 Å². The second-order valence-electron chi connectivity index (χ2n) is 8.61. The number of hydrogen-bond acceptors (Lipinski definition) is 9. The Hall–Kier alpha value is -4.49. The number of carbonyl (C=O) groups excluding carboxylic acids is 1. The van der Waals surface area contributed by atoms with Crippen molar-refractivity contribution in [2.24, 2.45) is 14.1 Å². The Morgan fingerprint density at radius 1 is 1.11 bits per heavy atom. The van der Waals surface area contributed by atoms with E-state index in [1.54, 1.807) is 4.90 Å². The summed E-state index contributed by atoms with van der Waals surface area (Å²) in [5.74, 6) is 0.503. The van der Waals surface area contributed by atoms with Crippen LogP contribution in [0, 0.1) is 0 Å². The van der Waals surface area contributed by atoms with Crippen molar-refractivity contribution in [3.05, 3.63) is 51.8 Å². The number of halogens is 1. The van der Waals surface area contributed by atoms with E-state index in [0.29, 0.717) is 17.3 Å². The Morgan fingerprint density at radius 2 is 1.83 bits per heavy atom. The fourth-order valence-electron chi connectivity index (χ4n) is 3.91. The van der Waals surface area contributed by atoms with Crippen molar-refractivity contribution < 1.29 is 9.18 Å². The topological polar surface area (TPSA) is 146 Å². The Balaban J connectivity index is 1.32. The van der Waals surface area contributed by atoms with E-state index in [9.17, 15) is 18.8 Å². The van der Waals surface area contributed by atoms with Crippen LogP contribution in [0.3, 0.4) is 0 Å². The zero-order valence-electron chi connectivity index (χ0n) is 19.1. The third-order valence-corrected chi connectivity index (χ3v) is 5.67. The molecule has 1 N–H and O–H groups in total. The van der Waals surface area contributed by atoms with E-state index in [1.807, 2.05) is 0 Å². The van der Waals surface area contributed by atoms with E-state index in [-0.39, 0.29) is 36.6 Å². The number of anilines is 2. The molecule has 1 fully saturated rings. The normalized spacial score (nSPS) is 14.7. The lowest BCUT2D eigenvalue weighted by atomic mass is 10.00.